The minimum absolute atomic E-state index is 0.233. The molecular formula is C27H29N5O3S. The van der Waals surface area contributed by atoms with Crippen LogP contribution in [0.1, 0.15) is 54.7 Å². The van der Waals surface area contributed by atoms with E-state index in [1.807, 2.05) is 68.4 Å². The molecule has 1 aliphatic carbocycles. The Morgan fingerprint density at radius 2 is 1.78 bits per heavy atom. The fourth-order valence-electron chi connectivity index (χ4n) is 4.74. The maximum Gasteiger partial charge on any atom is 0.269 e. The zero-order chi connectivity index (χ0) is 25.1. The van der Waals surface area contributed by atoms with Gasteiger partial charge in [-0.1, -0.05) is 73.0 Å². The molecule has 2 aromatic carbocycles. The molecule has 0 saturated heterocycles. The van der Waals surface area contributed by atoms with Crippen molar-refractivity contribution < 1.29 is 14.1 Å². The van der Waals surface area contributed by atoms with Crippen LogP contribution >= 0.6 is 11.9 Å². The Kier molecular flexibility index (Phi) is 6.93. The monoisotopic (exact) mass is 503 g/mol. The molecule has 9 heteroatoms. The number of fused-ring (bicyclic) bond motifs is 1. The number of nitrogens with one attached hydrogen (secondary N) is 3. The van der Waals surface area contributed by atoms with Gasteiger partial charge in [0.15, 0.2) is 0 Å². The molecule has 186 valence electrons. The zero-order valence-electron chi connectivity index (χ0n) is 20.3. The second kappa shape index (κ2) is 10.3. The first-order valence-electron chi connectivity index (χ1n) is 12.2. The number of aliphatic imine (C=N–C) groups is 1. The number of hydrogen-bond donors (Lipinski definition) is 3. The van der Waals surface area contributed by atoms with Gasteiger partial charge >= 0.3 is 0 Å². The highest BCUT2D eigenvalue weighted by molar-refractivity contribution is 7.97. The fourth-order valence-corrected chi connectivity index (χ4v) is 5.70. The number of aromatic nitrogens is 1. The van der Waals surface area contributed by atoms with Crippen LogP contribution in [0.5, 0.6) is 0 Å². The normalized spacial score (nSPS) is 19.0. The summed E-state index contributed by atoms with van der Waals surface area (Å²) in [6.45, 7) is 3.73. The molecule has 1 fully saturated rings. The highest BCUT2D eigenvalue weighted by Crippen LogP contribution is 2.34. The second-order valence-electron chi connectivity index (χ2n) is 9.25. The zero-order valence-corrected chi connectivity index (χ0v) is 21.2. The van der Waals surface area contributed by atoms with Crippen molar-refractivity contribution in [1.29, 1.82) is 0 Å². The largest absolute Gasteiger partial charge is 0.360 e. The molecule has 2 heterocycles. The van der Waals surface area contributed by atoms with Crippen LogP contribution in [-0.4, -0.2) is 34.4 Å². The van der Waals surface area contributed by atoms with Crippen molar-refractivity contribution in [3.63, 3.8) is 0 Å². The first-order chi connectivity index (χ1) is 17.5. The number of rotatable bonds is 6. The molecule has 0 radical (unpaired) electrons. The quantitative estimate of drug-likeness (QED) is 0.427. The predicted octanol–water partition coefficient (Wildman–Crippen LogP) is 4.52. The Labute approximate surface area is 214 Å². The van der Waals surface area contributed by atoms with E-state index in [4.69, 9.17) is 9.52 Å². The van der Waals surface area contributed by atoms with Gasteiger partial charge in [0, 0.05) is 11.1 Å². The lowest BCUT2D eigenvalue weighted by molar-refractivity contribution is -0.131. The Balaban J connectivity index is 1.44. The van der Waals surface area contributed by atoms with Crippen LogP contribution in [0.3, 0.4) is 0 Å². The van der Waals surface area contributed by atoms with Crippen molar-refractivity contribution in [2.45, 2.75) is 62.6 Å². The standard InChI is InChI=1S/C27H29N5O3S/c1-17-23(18(2)35-31-17)36-32-27(15-9-4-10-16-27)26(34)30-24-25(33)28-21-14-8-7-13-20(21)22(29-24)19-11-5-3-6-12-19/h3,5-8,11-14,24,32H,4,9-10,15-16H2,1-2H3,(H,28,33)(H,30,34). The smallest absolute Gasteiger partial charge is 0.269 e. The van der Waals surface area contributed by atoms with Gasteiger partial charge in [-0.3, -0.25) is 9.59 Å². The van der Waals surface area contributed by atoms with Crippen LogP contribution in [0.15, 0.2) is 69.0 Å². The molecule has 3 N–H and O–H groups in total. The van der Waals surface area contributed by atoms with E-state index in [9.17, 15) is 9.59 Å². The molecule has 3 aromatic rings. The van der Waals surface area contributed by atoms with Crippen molar-refractivity contribution in [3.05, 3.63) is 77.2 Å². The van der Waals surface area contributed by atoms with Gasteiger partial charge in [0.2, 0.25) is 12.1 Å². The van der Waals surface area contributed by atoms with E-state index in [0.29, 0.717) is 30.0 Å². The molecule has 1 unspecified atom stereocenters. The van der Waals surface area contributed by atoms with Crippen molar-refractivity contribution in [1.82, 2.24) is 15.2 Å². The van der Waals surface area contributed by atoms with Gasteiger partial charge in [-0.2, -0.15) is 0 Å². The highest BCUT2D eigenvalue weighted by Gasteiger charge is 2.42. The van der Waals surface area contributed by atoms with Crippen molar-refractivity contribution >= 4 is 35.2 Å². The molecule has 0 spiro atoms. The summed E-state index contributed by atoms with van der Waals surface area (Å²) < 4.78 is 8.70. The lowest BCUT2D eigenvalue weighted by Gasteiger charge is -2.36. The number of para-hydroxylation sites is 1. The molecule has 1 saturated carbocycles. The summed E-state index contributed by atoms with van der Waals surface area (Å²) >= 11 is 1.36. The van der Waals surface area contributed by atoms with Gasteiger partial charge in [-0.25, -0.2) is 9.71 Å². The van der Waals surface area contributed by atoms with Gasteiger partial charge < -0.3 is 15.2 Å². The van der Waals surface area contributed by atoms with E-state index in [-0.39, 0.29) is 11.8 Å². The number of benzene rings is 2. The molecule has 8 nitrogen and oxygen atoms in total. The number of amides is 2. The van der Waals surface area contributed by atoms with Crippen LogP contribution in [0, 0.1) is 13.8 Å². The Bertz CT molecular complexity index is 1280. The van der Waals surface area contributed by atoms with Crippen LogP contribution in [-0.2, 0) is 9.59 Å². The average Bonchev–Trinajstić information content (AvgIpc) is 3.15. The second-order valence-corrected chi connectivity index (χ2v) is 10.1. The van der Waals surface area contributed by atoms with Crippen LogP contribution < -0.4 is 15.4 Å². The molecule has 1 aliphatic heterocycles. The van der Waals surface area contributed by atoms with Crippen LogP contribution in [0.4, 0.5) is 5.69 Å². The van der Waals surface area contributed by atoms with E-state index >= 15 is 0 Å². The Morgan fingerprint density at radius 1 is 1.06 bits per heavy atom. The van der Waals surface area contributed by atoms with E-state index in [1.54, 1.807) is 0 Å². The summed E-state index contributed by atoms with van der Waals surface area (Å²) in [5, 5.41) is 9.92. The van der Waals surface area contributed by atoms with E-state index < -0.39 is 11.7 Å². The van der Waals surface area contributed by atoms with Crippen molar-refractivity contribution in [2.24, 2.45) is 4.99 Å². The van der Waals surface area contributed by atoms with E-state index in [1.165, 1.54) is 11.9 Å². The summed E-state index contributed by atoms with van der Waals surface area (Å²) in [7, 11) is 0. The molecule has 2 aliphatic rings. The summed E-state index contributed by atoms with van der Waals surface area (Å²) in [6.07, 6.45) is 3.18. The minimum Gasteiger partial charge on any atom is -0.360 e. The summed E-state index contributed by atoms with van der Waals surface area (Å²) in [6, 6.07) is 17.3. The summed E-state index contributed by atoms with van der Waals surface area (Å²) in [5.41, 5.74) is 2.95. The number of carbonyl (C=O) groups excluding carboxylic acids is 2. The number of nitrogens with zero attached hydrogens (tertiary/aromatic N) is 2. The molecule has 1 atom stereocenters. The predicted molar refractivity (Wildman–Crippen MR) is 140 cm³/mol. The number of carbonyl (C=O) groups is 2. The maximum atomic E-state index is 13.8. The lowest BCUT2D eigenvalue weighted by atomic mass is 9.82. The molecule has 0 bridgehead atoms. The Hall–Kier alpha value is -3.43. The van der Waals surface area contributed by atoms with Gasteiger partial charge in [0.1, 0.15) is 11.3 Å². The fraction of sp³-hybridized carbons (Fsp3) is 0.333. The maximum absolute atomic E-state index is 13.8. The van der Waals surface area contributed by atoms with Crippen molar-refractivity contribution in [2.75, 3.05) is 5.32 Å². The molecule has 1 aromatic heterocycles. The summed E-state index contributed by atoms with van der Waals surface area (Å²) in [5.74, 6) is 0.101. The first-order valence-corrected chi connectivity index (χ1v) is 13.0. The third-order valence-electron chi connectivity index (χ3n) is 6.72. The minimum atomic E-state index is -1.07. The number of anilines is 1. The number of benzodiazepines with no additional fused rings is 1. The van der Waals surface area contributed by atoms with Crippen LogP contribution in [0.2, 0.25) is 0 Å². The number of hydrogen-bond acceptors (Lipinski definition) is 7. The molecule has 5 rings (SSSR count). The molecular weight excluding hydrogens is 474 g/mol. The number of aryl methyl sites for hydroxylation is 2. The average molecular weight is 504 g/mol. The van der Waals surface area contributed by atoms with Gasteiger partial charge in [-0.05, 0) is 44.7 Å². The van der Waals surface area contributed by atoms with Gasteiger partial charge in [-0.15, -0.1) is 0 Å². The summed E-state index contributed by atoms with van der Waals surface area (Å²) in [4.78, 5) is 32.7. The van der Waals surface area contributed by atoms with Gasteiger partial charge in [0.05, 0.1) is 22.0 Å². The highest BCUT2D eigenvalue weighted by atomic mass is 32.2. The third-order valence-corrected chi connectivity index (χ3v) is 8.00. The van der Waals surface area contributed by atoms with Gasteiger partial charge in [0.25, 0.3) is 5.91 Å². The first kappa shape index (κ1) is 24.3. The topological polar surface area (TPSA) is 109 Å². The Morgan fingerprint density at radius 3 is 2.50 bits per heavy atom. The third kappa shape index (κ3) is 4.81. The van der Waals surface area contributed by atoms with Crippen molar-refractivity contribution in [3.8, 4) is 0 Å². The molecule has 2 amide bonds. The van der Waals surface area contributed by atoms with E-state index in [0.717, 1.165) is 41.0 Å². The molecule has 36 heavy (non-hydrogen) atoms. The lowest BCUT2D eigenvalue weighted by Crippen LogP contribution is -2.59. The SMILES string of the molecule is Cc1noc(C)c1SNC1(C(=O)NC2N=C(c3ccccc3)c3ccccc3NC2=O)CCCCC1. The van der Waals surface area contributed by atoms with Crippen LogP contribution in [0.25, 0.3) is 0 Å². The van der Waals surface area contributed by atoms with E-state index in [2.05, 4.69) is 20.5 Å².